The highest BCUT2D eigenvalue weighted by molar-refractivity contribution is 6.21. The van der Waals surface area contributed by atoms with Gasteiger partial charge in [-0.15, -0.1) is 0 Å². The van der Waals surface area contributed by atoms with Crippen molar-refractivity contribution in [3.05, 3.63) is 71.3 Å². The van der Waals surface area contributed by atoms with Gasteiger partial charge in [0.05, 0.1) is 23.1 Å². The van der Waals surface area contributed by atoms with Gasteiger partial charge in [-0.05, 0) is 37.0 Å². The zero-order valence-electron chi connectivity index (χ0n) is 13.3. The molecule has 1 atom stereocenters. The Labute approximate surface area is 141 Å². The molecule has 1 aliphatic rings. The first kappa shape index (κ1) is 15.9. The van der Waals surface area contributed by atoms with Gasteiger partial charge in [0.2, 0.25) is 0 Å². The maximum absolute atomic E-state index is 12.3. The number of hydrogen-bond acceptors (Lipinski definition) is 3. The maximum atomic E-state index is 12.3. The molecule has 2 aromatic carbocycles. The van der Waals surface area contributed by atoms with Crippen molar-refractivity contribution in [1.82, 2.24) is 4.90 Å². The summed E-state index contributed by atoms with van der Waals surface area (Å²) >= 11 is 0. The fourth-order valence-corrected chi connectivity index (χ4v) is 3.05. The van der Waals surface area contributed by atoms with Crippen molar-refractivity contribution < 1.29 is 9.59 Å². The topological polar surface area (TPSA) is 61.2 Å². The summed E-state index contributed by atoms with van der Waals surface area (Å²) in [5, 5.41) is 9.33. The number of nitrogens with zero attached hydrogens (tertiary/aromatic N) is 2. The maximum Gasteiger partial charge on any atom is 0.261 e. The highest BCUT2D eigenvalue weighted by Gasteiger charge is 2.34. The molecule has 0 bridgehead atoms. The fraction of sp³-hybridized carbons (Fsp3) is 0.250. The summed E-state index contributed by atoms with van der Waals surface area (Å²) in [6.07, 6.45) is 1.99. The lowest BCUT2D eigenvalue weighted by Gasteiger charge is -2.15. The number of imide groups is 1. The van der Waals surface area contributed by atoms with Crippen LogP contribution in [0.4, 0.5) is 0 Å². The second-order valence-electron chi connectivity index (χ2n) is 5.97. The summed E-state index contributed by atoms with van der Waals surface area (Å²) in [4.78, 5) is 25.9. The molecule has 2 aromatic rings. The van der Waals surface area contributed by atoms with Gasteiger partial charge in [0.25, 0.3) is 11.8 Å². The zero-order chi connectivity index (χ0) is 16.9. The van der Waals surface area contributed by atoms with E-state index in [2.05, 4.69) is 6.07 Å². The second-order valence-corrected chi connectivity index (χ2v) is 5.97. The Bertz CT molecular complexity index is 758. The van der Waals surface area contributed by atoms with Crippen LogP contribution >= 0.6 is 0 Å². The molecule has 0 fully saturated rings. The van der Waals surface area contributed by atoms with E-state index in [0.29, 0.717) is 36.9 Å². The van der Waals surface area contributed by atoms with Crippen LogP contribution in [-0.2, 0) is 6.42 Å². The van der Waals surface area contributed by atoms with Crippen molar-refractivity contribution in [3.8, 4) is 6.07 Å². The highest BCUT2D eigenvalue weighted by atomic mass is 16.2. The van der Waals surface area contributed by atoms with E-state index in [1.54, 1.807) is 24.3 Å². The number of amides is 2. The van der Waals surface area contributed by atoms with Crippen LogP contribution in [0.5, 0.6) is 0 Å². The Hall–Kier alpha value is -2.93. The average molecular weight is 318 g/mol. The molecule has 2 amide bonds. The Balaban J connectivity index is 1.56. The van der Waals surface area contributed by atoms with Crippen LogP contribution < -0.4 is 0 Å². The molecule has 0 aromatic heterocycles. The Morgan fingerprint density at radius 3 is 2.08 bits per heavy atom. The molecule has 0 spiro atoms. The Morgan fingerprint density at radius 2 is 1.50 bits per heavy atom. The van der Waals surface area contributed by atoms with Gasteiger partial charge in [-0.2, -0.15) is 5.26 Å². The van der Waals surface area contributed by atoms with Crippen LogP contribution in [0.25, 0.3) is 0 Å². The van der Waals surface area contributed by atoms with Crippen LogP contribution in [0.1, 0.15) is 39.1 Å². The lowest BCUT2D eigenvalue weighted by Crippen LogP contribution is -2.31. The first-order chi connectivity index (χ1) is 11.7. The van der Waals surface area contributed by atoms with Crippen LogP contribution in [-0.4, -0.2) is 23.3 Å². The monoisotopic (exact) mass is 318 g/mol. The first-order valence-electron chi connectivity index (χ1n) is 8.09. The molecule has 0 aliphatic carbocycles. The predicted molar refractivity (Wildman–Crippen MR) is 90.3 cm³/mol. The van der Waals surface area contributed by atoms with E-state index in [4.69, 9.17) is 0 Å². The third-order valence-corrected chi connectivity index (χ3v) is 4.32. The number of fused-ring (bicyclic) bond motifs is 1. The summed E-state index contributed by atoms with van der Waals surface area (Å²) < 4.78 is 0. The molecule has 0 N–H and O–H groups in total. The quantitative estimate of drug-likeness (QED) is 0.766. The van der Waals surface area contributed by atoms with Crippen molar-refractivity contribution in [2.24, 2.45) is 5.92 Å². The summed E-state index contributed by atoms with van der Waals surface area (Å²) in [6, 6.07) is 19.1. The Kier molecular flexibility index (Phi) is 4.72. The van der Waals surface area contributed by atoms with E-state index in [0.717, 1.165) is 5.56 Å². The summed E-state index contributed by atoms with van der Waals surface area (Å²) in [6.45, 7) is 0.360. The lowest BCUT2D eigenvalue weighted by atomic mass is 9.96. The van der Waals surface area contributed by atoms with Crippen molar-refractivity contribution in [2.75, 3.05) is 6.54 Å². The van der Waals surface area contributed by atoms with E-state index in [1.165, 1.54) is 4.90 Å². The van der Waals surface area contributed by atoms with Crippen LogP contribution in [0.3, 0.4) is 0 Å². The molecule has 0 saturated heterocycles. The Morgan fingerprint density at radius 1 is 0.917 bits per heavy atom. The van der Waals surface area contributed by atoms with Crippen molar-refractivity contribution >= 4 is 11.8 Å². The fourth-order valence-electron chi connectivity index (χ4n) is 3.05. The summed E-state index contributed by atoms with van der Waals surface area (Å²) in [5.74, 6) is -0.568. The van der Waals surface area contributed by atoms with Gasteiger partial charge in [-0.1, -0.05) is 42.5 Å². The number of carbonyl (C=O) groups excluding carboxylic acids is 2. The third-order valence-electron chi connectivity index (χ3n) is 4.32. The third kappa shape index (κ3) is 3.21. The van der Waals surface area contributed by atoms with Crippen LogP contribution in [0, 0.1) is 17.2 Å². The molecule has 4 heteroatoms. The van der Waals surface area contributed by atoms with Crippen LogP contribution in [0.2, 0.25) is 0 Å². The smallest absolute Gasteiger partial charge is 0.261 e. The zero-order valence-corrected chi connectivity index (χ0v) is 13.3. The molecular formula is C20H18N2O2. The number of benzene rings is 2. The molecule has 0 saturated carbocycles. The molecule has 4 nitrogen and oxygen atoms in total. The highest BCUT2D eigenvalue weighted by Crippen LogP contribution is 2.23. The SMILES string of the molecule is N#CC(CCCN1C(=O)c2ccccc2C1=O)Cc1ccccc1. The van der Waals surface area contributed by atoms with E-state index in [1.807, 2.05) is 30.3 Å². The minimum Gasteiger partial charge on any atom is -0.274 e. The molecule has 1 heterocycles. The minimum atomic E-state index is -0.229. The van der Waals surface area contributed by atoms with Gasteiger partial charge in [0, 0.05) is 6.54 Å². The van der Waals surface area contributed by atoms with E-state index in [9.17, 15) is 14.9 Å². The molecular weight excluding hydrogens is 300 g/mol. The second kappa shape index (κ2) is 7.10. The normalized spacial score (nSPS) is 14.4. The first-order valence-corrected chi connectivity index (χ1v) is 8.09. The predicted octanol–water partition coefficient (Wildman–Crippen LogP) is 3.45. The number of carbonyl (C=O) groups is 2. The largest absolute Gasteiger partial charge is 0.274 e. The minimum absolute atomic E-state index is 0.109. The van der Waals surface area contributed by atoms with Crippen molar-refractivity contribution in [2.45, 2.75) is 19.3 Å². The average Bonchev–Trinajstić information content (AvgIpc) is 2.87. The number of hydrogen-bond donors (Lipinski definition) is 0. The molecule has 1 unspecified atom stereocenters. The molecule has 0 radical (unpaired) electrons. The van der Waals surface area contributed by atoms with Gasteiger partial charge >= 0.3 is 0 Å². The van der Waals surface area contributed by atoms with Crippen LogP contribution in [0.15, 0.2) is 54.6 Å². The number of nitriles is 1. The van der Waals surface area contributed by atoms with Crippen molar-refractivity contribution in [1.29, 1.82) is 5.26 Å². The molecule has 1 aliphatic heterocycles. The molecule has 3 rings (SSSR count). The van der Waals surface area contributed by atoms with E-state index in [-0.39, 0.29) is 17.7 Å². The molecule has 120 valence electrons. The number of rotatable bonds is 6. The van der Waals surface area contributed by atoms with Crippen molar-refractivity contribution in [3.63, 3.8) is 0 Å². The van der Waals surface area contributed by atoms with Gasteiger partial charge < -0.3 is 0 Å². The van der Waals surface area contributed by atoms with E-state index >= 15 is 0 Å². The van der Waals surface area contributed by atoms with E-state index < -0.39 is 0 Å². The summed E-state index contributed by atoms with van der Waals surface area (Å²) in [7, 11) is 0. The summed E-state index contributed by atoms with van der Waals surface area (Å²) in [5.41, 5.74) is 2.08. The van der Waals surface area contributed by atoms with Gasteiger partial charge in [-0.25, -0.2) is 0 Å². The standard InChI is InChI=1S/C20H18N2O2/c21-14-16(13-15-7-2-1-3-8-15)9-6-12-22-19(23)17-10-4-5-11-18(17)20(22)24/h1-5,7-8,10-11,16H,6,9,12-13H2. The lowest BCUT2D eigenvalue weighted by molar-refractivity contribution is 0.0650. The van der Waals surface area contributed by atoms with Gasteiger partial charge in [0.1, 0.15) is 0 Å². The van der Waals surface area contributed by atoms with Gasteiger partial charge in [-0.3, -0.25) is 14.5 Å². The molecule has 24 heavy (non-hydrogen) atoms. The van der Waals surface area contributed by atoms with Gasteiger partial charge in [0.15, 0.2) is 0 Å².